The first kappa shape index (κ1) is 19.1. The Kier molecular flexibility index (Phi) is 4.79. The number of carboxylic acid groups (broad SMARTS) is 1. The molecule has 152 valence electrons. The molecule has 4 rings (SSSR count). The number of Topliss-reactive ketones (excluding diaryl/α,β-unsaturated/α-hetero) is 1. The summed E-state index contributed by atoms with van der Waals surface area (Å²) < 4.78 is 21.4. The summed E-state index contributed by atoms with van der Waals surface area (Å²) in [6.07, 6.45) is 0.754. The highest BCUT2D eigenvalue weighted by molar-refractivity contribution is 6.10. The number of hydrogen-bond acceptors (Lipinski definition) is 7. The molecule has 8 heteroatoms. The van der Waals surface area contributed by atoms with Gasteiger partial charge in [-0.15, -0.1) is 0 Å². The van der Waals surface area contributed by atoms with E-state index in [2.05, 4.69) is 0 Å². The van der Waals surface area contributed by atoms with Crippen molar-refractivity contribution in [1.29, 1.82) is 0 Å². The summed E-state index contributed by atoms with van der Waals surface area (Å²) in [6.45, 7) is 0.796. The Bertz CT molecular complexity index is 1000. The molecule has 0 amide bonds. The van der Waals surface area contributed by atoms with Crippen LogP contribution in [0.4, 0.5) is 0 Å². The van der Waals surface area contributed by atoms with Crippen molar-refractivity contribution >= 4 is 11.8 Å². The number of likely N-dealkylation sites (N-methyl/N-ethyl adjacent to an activating group) is 1. The number of carboxylic acids is 1. The lowest BCUT2D eigenvalue weighted by Crippen LogP contribution is -2.37. The van der Waals surface area contributed by atoms with Crippen LogP contribution in [-0.4, -0.2) is 56.4 Å². The molecule has 2 aromatic rings. The van der Waals surface area contributed by atoms with Gasteiger partial charge in [-0.05, 0) is 48.9 Å². The second-order valence-corrected chi connectivity index (χ2v) is 6.93. The molecule has 0 spiro atoms. The molecule has 0 aliphatic carbocycles. The topological polar surface area (TPSA) is 94.5 Å². The third-order valence-electron chi connectivity index (χ3n) is 5.38. The van der Waals surface area contributed by atoms with Gasteiger partial charge in [0.1, 0.15) is 5.56 Å². The molecule has 0 saturated heterocycles. The molecular formula is C21H21NO7. The van der Waals surface area contributed by atoms with Crippen molar-refractivity contribution in [2.75, 3.05) is 34.6 Å². The zero-order valence-corrected chi connectivity index (χ0v) is 16.4. The second-order valence-electron chi connectivity index (χ2n) is 6.93. The van der Waals surface area contributed by atoms with Gasteiger partial charge in [-0.1, -0.05) is 0 Å². The Labute approximate surface area is 167 Å². The number of ketones is 1. The van der Waals surface area contributed by atoms with Crippen molar-refractivity contribution in [1.82, 2.24) is 4.90 Å². The molecule has 2 aliphatic heterocycles. The van der Waals surface area contributed by atoms with Gasteiger partial charge in [0.15, 0.2) is 28.8 Å². The first-order valence-electron chi connectivity index (χ1n) is 9.11. The van der Waals surface area contributed by atoms with Gasteiger partial charge in [0.25, 0.3) is 0 Å². The number of carbonyl (C=O) groups is 2. The Balaban J connectivity index is 1.85. The SMILES string of the molecule is COc1ccc(C(=O)[C@H]2c3cc4c(cc3CCN2C)OCO4)c(C(=O)O)c1OC. The predicted octanol–water partition coefficient (Wildman–Crippen LogP) is 2.54. The van der Waals surface area contributed by atoms with Gasteiger partial charge < -0.3 is 24.1 Å². The van der Waals surface area contributed by atoms with E-state index in [1.54, 1.807) is 6.07 Å². The number of aromatic carboxylic acids is 1. The number of nitrogens with zero attached hydrogens (tertiary/aromatic N) is 1. The van der Waals surface area contributed by atoms with Crippen molar-refractivity contribution < 1.29 is 33.6 Å². The maximum atomic E-state index is 13.6. The van der Waals surface area contributed by atoms with E-state index in [0.29, 0.717) is 18.0 Å². The molecule has 1 N–H and O–H groups in total. The smallest absolute Gasteiger partial charge is 0.340 e. The number of hydrogen-bond donors (Lipinski definition) is 1. The van der Waals surface area contributed by atoms with E-state index in [-0.39, 0.29) is 35.2 Å². The number of benzene rings is 2. The van der Waals surface area contributed by atoms with Crippen LogP contribution in [0.1, 0.15) is 37.9 Å². The van der Waals surface area contributed by atoms with Crippen LogP contribution in [0.3, 0.4) is 0 Å². The van der Waals surface area contributed by atoms with Crippen LogP contribution in [0.25, 0.3) is 0 Å². The molecule has 0 unspecified atom stereocenters. The average Bonchev–Trinajstić information content (AvgIpc) is 3.17. The van der Waals surface area contributed by atoms with E-state index in [9.17, 15) is 14.7 Å². The highest BCUT2D eigenvalue weighted by Crippen LogP contribution is 2.42. The van der Waals surface area contributed by atoms with Crippen LogP contribution in [0.15, 0.2) is 24.3 Å². The number of fused-ring (bicyclic) bond motifs is 2. The van der Waals surface area contributed by atoms with Gasteiger partial charge in [-0.25, -0.2) is 4.79 Å². The number of ether oxygens (including phenoxy) is 4. The minimum absolute atomic E-state index is 0.0234. The Morgan fingerprint density at radius 1 is 1.14 bits per heavy atom. The highest BCUT2D eigenvalue weighted by atomic mass is 16.7. The lowest BCUT2D eigenvalue weighted by molar-refractivity contribution is 0.0681. The van der Waals surface area contributed by atoms with Gasteiger partial charge in [-0.3, -0.25) is 9.69 Å². The van der Waals surface area contributed by atoms with E-state index in [1.807, 2.05) is 24.1 Å². The molecular weight excluding hydrogens is 378 g/mol. The van der Waals surface area contributed by atoms with Crippen LogP contribution < -0.4 is 18.9 Å². The van der Waals surface area contributed by atoms with Crippen LogP contribution in [0.5, 0.6) is 23.0 Å². The first-order chi connectivity index (χ1) is 14.0. The van der Waals surface area contributed by atoms with Crippen molar-refractivity contribution in [2.24, 2.45) is 0 Å². The van der Waals surface area contributed by atoms with Gasteiger partial charge in [0.2, 0.25) is 6.79 Å². The van der Waals surface area contributed by atoms with E-state index in [4.69, 9.17) is 18.9 Å². The largest absolute Gasteiger partial charge is 0.493 e. The van der Waals surface area contributed by atoms with Crippen molar-refractivity contribution in [3.8, 4) is 23.0 Å². The standard InChI is InChI=1S/C21H21NO7/c1-22-7-6-11-8-15-16(29-10-28-15)9-13(11)18(22)19(23)12-4-5-14(26-2)20(27-3)17(12)21(24)25/h4-5,8-9,18H,6-7,10H2,1-3H3,(H,24,25)/t18-/m1/s1. The molecule has 0 radical (unpaired) electrons. The summed E-state index contributed by atoms with van der Waals surface area (Å²) in [5, 5.41) is 9.79. The Morgan fingerprint density at radius 2 is 1.86 bits per heavy atom. The fourth-order valence-electron chi connectivity index (χ4n) is 3.97. The molecule has 29 heavy (non-hydrogen) atoms. The first-order valence-corrected chi connectivity index (χ1v) is 9.11. The van der Waals surface area contributed by atoms with Gasteiger partial charge in [0.05, 0.1) is 20.3 Å². The molecule has 0 saturated carbocycles. The maximum Gasteiger partial charge on any atom is 0.340 e. The zero-order chi connectivity index (χ0) is 20.7. The summed E-state index contributed by atoms with van der Waals surface area (Å²) in [5.74, 6) is -0.0592. The van der Waals surface area contributed by atoms with Crippen molar-refractivity contribution in [3.05, 3.63) is 46.5 Å². The van der Waals surface area contributed by atoms with Gasteiger partial charge in [-0.2, -0.15) is 0 Å². The van der Waals surface area contributed by atoms with E-state index >= 15 is 0 Å². The Hall–Kier alpha value is -3.26. The third-order valence-corrected chi connectivity index (χ3v) is 5.38. The van der Waals surface area contributed by atoms with Crippen LogP contribution in [-0.2, 0) is 6.42 Å². The summed E-state index contributed by atoms with van der Waals surface area (Å²) >= 11 is 0. The normalized spacial score (nSPS) is 17.6. The van der Waals surface area contributed by atoms with Crippen molar-refractivity contribution in [2.45, 2.75) is 12.5 Å². The van der Waals surface area contributed by atoms with Crippen LogP contribution in [0, 0.1) is 0 Å². The molecule has 0 bridgehead atoms. The van der Waals surface area contributed by atoms with Crippen LogP contribution >= 0.6 is 0 Å². The number of methoxy groups -OCH3 is 2. The summed E-state index contributed by atoms with van der Waals surface area (Å²) in [6, 6.07) is 6.09. The monoisotopic (exact) mass is 399 g/mol. The molecule has 0 fully saturated rings. The van der Waals surface area contributed by atoms with E-state index in [0.717, 1.165) is 17.5 Å². The number of carbonyl (C=O) groups excluding carboxylic acids is 1. The fourth-order valence-corrected chi connectivity index (χ4v) is 3.97. The highest BCUT2D eigenvalue weighted by Gasteiger charge is 2.36. The van der Waals surface area contributed by atoms with Crippen LogP contribution in [0.2, 0.25) is 0 Å². The third kappa shape index (κ3) is 3.05. The predicted molar refractivity (Wildman–Crippen MR) is 102 cm³/mol. The zero-order valence-electron chi connectivity index (χ0n) is 16.4. The lowest BCUT2D eigenvalue weighted by Gasteiger charge is -2.34. The fraction of sp³-hybridized carbons (Fsp3) is 0.333. The van der Waals surface area contributed by atoms with E-state index in [1.165, 1.54) is 20.3 Å². The maximum absolute atomic E-state index is 13.6. The molecule has 0 aromatic heterocycles. The summed E-state index contributed by atoms with van der Waals surface area (Å²) in [5.41, 5.74) is 1.64. The average molecular weight is 399 g/mol. The van der Waals surface area contributed by atoms with Crippen molar-refractivity contribution in [3.63, 3.8) is 0 Å². The molecule has 2 aliphatic rings. The minimum Gasteiger partial charge on any atom is -0.493 e. The van der Waals surface area contributed by atoms with Gasteiger partial charge >= 0.3 is 5.97 Å². The van der Waals surface area contributed by atoms with E-state index < -0.39 is 12.0 Å². The molecule has 8 nitrogen and oxygen atoms in total. The molecule has 2 heterocycles. The summed E-state index contributed by atoms with van der Waals surface area (Å²) in [7, 11) is 4.61. The second kappa shape index (κ2) is 7.29. The number of rotatable bonds is 5. The molecule has 1 atom stereocenters. The lowest BCUT2D eigenvalue weighted by atomic mass is 9.86. The minimum atomic E-state index is -1.26. The summed E-state index contributed by atoms with van der Waals surface area (Å²) in [4.78, 5) is 27.5. The molecule has 2 aromatic carbocycles. The quantitative estimate of drug-likeness (QED) is 0.767. The van der Waals surface area contributed by atoms with Gasteiger partial charge in [0, 0.05) is 12.1 Å². The Morgan fingerprint density at radius 3 is 2.52 bits per heavy atom.